The zero-order valence-electron chi connectivity index (χ0n) is 18.3. The Kier molecular flexibility index (Phi) is 7.72. The molecule has 2 aromatic carbocycles. The van der Waals surface area contributed by atoms with Crippen LogP contribution in [0.1, 0.15) is 25.8 Å². The number of nitrogens with one attached hydrogen (secondary N) is 2. The summed E-state index contributed by atoms with van der Waals surface area (Å²) in [6.45, 7) is 3.33. The Hall–Kier alpha value is -3.53. The molecule has 3 aromatic rings. The predicted molar refractivity (Wildman–Crippen MR) is 123 cm³/mol. The van der Waals surface area contributed by atoms with E-state index in [0.717, 1.165) is 0 Å². The number of carbonyl (C=O) groups is 2. The minimum atomic E-state index is -0.343. The second-order valence-electron chi connectivity index (χ2n) is 6.93. The molecular formula is C22H25N5O4S. The molecule has 1 unspecified atom stereocenters. The number of aromatic nitrogens is 3. The van der Waals surface area contributed by atoms with Crippen molar-refractivity contribution in [2.75, 3.05) is 23.5 Å². The van der Waals surface area contributed by atoms with E-state index < -0.39 is 0 Å². The number of hydrogen-bond acceptors (Lipinski definition) is 7. The Morgan fingerprint density at radius 1 is 1.06 bits per heavy atom. The summed E-state index contributed by atoms with van der Waals surface area (Å²) in [6, 6.07) is 14.2. The quantitative estimate of drug-likeness (QED) is 0.474. The number of nitrogens with zero attached hydrogens (tertiary/aromatic N) is 3. The standard InChI is InChI=1S/C22H25N5O4S/c1-14(31-19-7-5-6-18(12-19)30-4)21-25-26-22(27(21)3)32-13-20(29)24-17-10-8-16(9-11-17)23-15(2)28/h5-12,14H,13H2,1-4H3,(H,23,28)(H,24,29). The molecule has 32 heavy (non-hydrogen) atoms. The van der Waals surface area contributed by atoms with Gasteiger partial charge in [-0.2, -0.15) is 0 Å². The topological polar surface area (TPSA) is 107 Å². The first-order valence-electron chi connectivity index (χ1n) is 9.86. The number of carbonyl (C=O) groups excluding carboxylic acids is 2. The lowest BCUT2D eigenvalue weighted by atomic mass is 10.3. The van der Waals surface area contributed by atoms with Crippen molar-refractivity contribution >= 4 is 35.0 Å². The fraction of sp³-hybridized carbons (Fsp3) is 0.273. The average molecular weight is 456 g/mol. The summed E-state index contributed by atoms with van der Waals surface area (Å²) in [5, 5.41) is 14.5. The maximum absolute atomic E-state index is 12.3. The maximum Gasteiger partial charge on any atom is 0.234 e. The molecular weight excluding hydrogens is 430 g/mol. The number of amides is 2. The first-order valence-corrected chi connectivity index (χ1v) is 10.8. The molecule has 2 amide bonds. The van der Waals surface area contributed by atoms with Crippen LogP contribution >= 0.6 is 11.8 Å². The van der Waals surface area contributed by atoms with E-state index in [4.69, 9.17) is 9.47 Å². The molecule has 1 aromatic heterocycles. The average Bonchev–Trinajstić information content (AvgIpc) is 3.14. The molecule has 0 saturated heterocycles. The summed E-state index contributed by atoms with van der Waals surface area (Å²) in [4.78, 5) is 23.4. The van der Waals surface area contributed by atoms with Crippen LogP contribution in [-0.4, -0.2) is 39.4 Å². The normalized spacial score (nSPS) is 11.5. The monoisotopic (exact) mass is 455 g/mol. The molecule has 9 nitrogen and oxygen atoms in total. The zero-order chi connectivity index (χ0) is 23.1. The van der Waals surface area contributed by atoms with Crippen molar-refractivity contribution in [1.29, 1.82) is 0 Å². The summed E-state index contributed by atoms with van der Waals surface area (Å²) in [7, 11) is 3.44. The van der Waals surface area contributed by atoms with E-state index in [2.05, 4.69) is 20.8 Å². The van der Waals surface area contributed by atoms with Crippen molar-refractivity contribution in [3.8, 4) is 11.5 Å². The number of methoxy groups -OCH3 is 1. The Labute approximate surface area is 190 Å². The molecule has 0 aliphatic heterocycles. The van der Waals surface area contributed by atoms with Gasteiger partial charge in [-0.15, -0.1) is 10.2 Å². The maximum atomic E-state index is 12.3. The van der Waals surface area contributed by atoms with Crippen LogP contribution in [0.2, 0.25) is 0 Å². The molecule has 1 atom stereocenters. The summed E-state index contributed by atoms with van der Waals surface area (Å²) in [5.74, 6) is 1.86. The largest absolute Gasteiger partial charge is 0.497 e. The lowest BCUT2D eigenvalue weighted by molar-refractivity contribution is -0.114. The first-order chi connectivity index (χ1) is 15.4. The van der Waals surface area contributed by atoms with Gasteiger partial charge in [0.15, 0.2) is 17.1 Å². The van der Waals surface area contributed by atoms with Gasteiger partial charge >= 0.3 is 0 Å². The smallest absolute Gasteiger partial charge is 0.234 e. The molecule has 3 rings (SSSR count). The zero-order valence-corrected chi connectivity index (χ0v) is 19.1. The van der Waals surface area contributed by atoms with Crippen molar-refractivity contribution in [1.82, 2.24) is 14.8 Å². The van der Waals surface area contributed by atoms with Crippen molar-refractivity contribution in [2.24, 2.45) is 7.05 Å². The van der Waals surface area contributed by atoms with E-state index in [9.17, 15) is 9.59 Å². The number of hydrogen-bond donors (Lipinski definition) is 2. The molecule has 0 aliphatic carbocycles. The number of rotatable bonds is 9. The summed E-state index contributed by atoms with van der Waals surface area (Å²) < 4.78 is 13.0. The fourth-order valence-electron chi connectivity index (χ4n) is 2.90. The van der Waals surface area contributed by atoms with Crippen LogP contribution in [-0.2, 0) is 16.6 Å². The van der Waals surface area contributed by atoms with Gasteiger partial charge in [-0.1, -0.05) is 17.8 Å². The molecule has 0 bridgehead atoms. The van der Waals surface area contributed by atoms with Crippen LogP contribution in [0.25, 0.3) is 0 Å². The second-order valence-corrected chi connectivity index (χ2v) is 7.88. The van der Waals surface area contributed by atoms with Crippen LogP contribution in [0.4, 0.5) is 11.4 Å². The molecule has 10 heteroatoms. The molecule has 0 spiro atoms. The fourth-order valence-corrected chi connectivity index (χ4v) is 3.62. The second kappa shape index (κ2) is 10.7. The predicted octanol–water partition coefficient (Wildman–Crippen LogP) is 3.65. The summed E-state index contributed by atoms with van der Waals surface area (Å²) >= 11 is 1.28. The number of anilines is 2. The Morgan fingerprint density at radius 3 is 2.38 bits per heavy atom. The van der Waals surface area contributed by atoms with Crippen molar-refractivity contribution in [3.05, 3.63) is 54.4 Å². The third-order valence-electron chi connectivity index (χ3n) is 4.41. The number of benzene rings is 2. The lowest BCUT2D eigenvalue weighted by Gasteiger charge is -2.14. The van der Waals surface area contributed by atoms with Gasteiger partial charge in [-0.05, 0) is 43.3 Å². The van der Waals surface area contributed by atoms with Crippen LogP contribution in [0.15, 0.2) is 53.7 Å². The highest BCUT2D eigenvalue weighted by Gasteiger charge is 2.18. The van der Waals surface area contributed by atoms with Gasteiger partial charge in [0.05, 0.1) is 12.9 Å². The summed E-state index contributed by atoms with van der Waals surface area (Å²) in [6.07, 6.45) is -0.343. The van der Waals surface area contributed by atoms with E-state index in [1.807, 2.05) is 36.7 Å². The molecule has 0 radical (unpaired) electrons. The highest BCUT2D eigenvalue weighted by molar-refractivity contribution is 7.99. The third kappa shape index (κ3) is 6.24. The van der Waals surface area contributed by atoms with Gasteiger partial charge in [-0.25, -0.2) is 0 Å². The highest BCUT2D eigenvalue weighted by Crippen LogP contribution is 2.26. The van der Waals surface area contributed by atoms with Crippen molar-refractivity contribution in [2.45, 2.75) is 25.1 Å². The van der Waals surface area contributed by atoms with E-state index >= 15 is 0 Å². The van der Waals surface area contributed by atoms with Gasteiger partial charge in [0, 0.05) is 31.4 Å². The SMILES string of the molecule is COc1cccc(OC(C)c2nnc(SCC(=O)Nc3ccc(NC(C)=O)cc3)n2C)c1. The number of ether oxygens (including phenoxy) is 2. The van der Waals surface area contributed by atoms with Crippen LogP contribution in [0.3, 0.4) is 0 Å². The molecule has 1 heterocycles. The van der Waals surface area contributed by atoms with Gasteiger partial charge in [-0.3, -0.25) is 9.59 Å². The molecule has 168 valence electrons. The van der Waals surface area contributed by atoms with Gasteiger partial charge in [0.2, 0.25) is 11.8 Å². The minimum Gasteiger partial charge on any atom is -0.497 e. The van der Waals surface area contributed by atoms with Crippen LogP contribution in [0, 0.1) is 0 Å². The van der Waals surface area contributed by atoms with Gasteiger partial charge < -0.3 is 24.7 Å². The van der Waals surface area contributed by atoms with E-state index in [0.29, 0.717) is 33.9 Å². The lowest BCUT2D eigenvalue weighted by Crippen LogP contribution is -2.15. The highest BCUT2D eigenvalue weighted by atomic mass is 32.2. The van der Waals surface area contributed by atoms with Crippen LogP contribution in [0.5, 0.6) is 11.5 Å². The Bertz CT molecular complexity index is 1080. The first kappa shape index (κ1) is 23.1. The summed E-state index contributed by atoms with van der Waals surface area (Å²) in [5.41, 5.74) is 1.31. The molecule has 0 aliphatic rings. The van der Waals surface area contributed by atoms with Crippen molar-refractivity contribution < 1.29 is 19.1 Å². The van der Waals surface area contributed by atoms with Crippen molar-refractivity contribution in [3.63, 3.8) is 0 Å². The van der Waals surface area contributed by atoms with E-state index in [1.165, 1.54) is 18.7 Å². The van der Waals surface area contributed by atoms with Gasteiger partial charge in [0.1, 0.15) is 11.5 Å². The molecule has 0 saturated carbocycles. The third-order valence-corrected chi connectivity index (χ3v) is 5.43. The number of thioether (sulfide) groups is 1. The van der Waals surface area contributed by atoms with E-state index in [-0.39, 0.29) is 23.7 Å². The van der Waals surface area contributed by atoms with Crippen LogP contribution < -0.4 is 20.1 Å². The van der Waals surface area contributed by atoms with E-state index in [1.54, 1.807) is 37.4 Å². The molecule has 2 N–H and O–H groups in total. The van der Waals surface area contributed by atoms with Gasteiger partial charge in [0.25, 0.3) is 0 Å². The molecule has 0 fully saturated rings. The minimum absolute atomic E-state index is 0.149. The Balaban J connectivity index is 1.54. The Morgan fingerprint density at radius 2 is 1.72 bits per heavy atom.